The van der Waals surface area contributed by atoms with E-state index in [2.05, 4.69) is 25.2 Å². The Balaban J connectivity index is 2.27. The van der Waals surface area contributed by atoms with Crippen LogP contribution < -0.4 is 5.32 Å². The molecule has 0 aliphatic rings. The number of hydrogen-bond acceptors (Lipinski definition) is 2. The third-order valence-corrected chi connectivity index (χ3v) is 4.94. The summed E-state index contributed by atoms with van der Waals surface area (Å²) in [5.74, 6) is 0.264. The molecule has 0 aliphatic carbocycles. The van der Waals surface area contributed by atoms with Gasteiger partial charge in [0.25, 0.3) is 0 Å². The second-order valence-electron chi connectivity index (χ2n) is 8.24. The molecular weight excluding hydrogens is 360 g/mol. The highest BCUT2D eigenvalue weighted by molar-refractivity contribution is 5.88. The molecule has 0 aromatic heterocycles. The van der Waals surface area contributed by atoms with Crippen molar-refractivity contribution >= 4 is 11.8 Å². The first-order valence-electron chi connectivity index (χ1n) is 10.5. The molecule has 4 heteroatoms. The van der Waals surface area contributed by atoms with Crippen molar-refractivity contribution in [3.8, 4) is 0 Å². The third kappa shape index (κ3) is 7.04. The summed E-state index contributed by atoms with van der Waals surface area (Å²) >= 11 is 0. The third-order valence-electron chi connectivity index (χ3n) is 4.94. The van der Waals surface area contributed by atoms with E-state index >= 15 is 0 Å². The zero-order chi connectivity index (χ0) is 21.4. The molecule has 4 nitrogen and oxygen atoms in total. The van der Waals surface area contributed by atoms with Crippen LogP contribution in [0.1, 0.15) is 49.4 Å². The topological polar surface area (TPSA) is 49.4 Å². The van der Waals surface area contributed by atoms with Crippen LogP contribution in [0.4, 0.5) is 0 Å². The van der Waals surface area contributed by atoms with E-state index in [0.29, 0.717) is 31.8 Å². The fourth-order valence-electron chi connectivity index (χ4n) is 3.45. The van der Waals surface area contributed by atoms with Crippen LogP contribution in [0, 0.1) is 19.8 Å². The molecular formula is C25H34N2O2. The Bertz CT molecular complexity index is 829. The van der Waals surface area contributed by atoms with Crippen molar-refractivity contribution in [2.24, 2.45) is 5.92 Å². The molecule has 1 N–H and O–H groups in total. The standard InChI is InChI=1S/C25H34N2O2/c1-6-23(25(29)26-16-18(2)3)27(17-22-12-8-10-20(5)14-22)24(28)15-21-11-7-9-19(4)13-21/h7-14,18,23H,6,15-17H2,1-5H3,(H,26,29). The van der Waals surface area contributed by atoms with Gasteiger partial charge in [-0.25, -0.2) is 0 Å². The fraction of sp³-hybridized carbons (Fsp3) is 0.440. The van der Waals surface area contributed by atoms with E-state index in [1.54, 1.807) is 4.90 Å². The van der Waals surface area contributed by atoms with Crippen molar-refractivity contribution in [3.05, 3.63) is 70.8 Å². The first kappa shape index (κ1) is 22.7. The van der Waals surface area contributed by atoms with E-state index in [-0.39, 0.29) is 11.8 Å². The lowest BCUT2D eigenvalue weighted by Crippen LogP contribution is -2.50. The summed E-state index contributed by atoms with van der Waals surface area (Å²) in [5, 5.41) is 3.01. The molecule has 0 saturated carbocycles. The number of amides is 2. The number of rotatable bonds is 9. The molecule has 2 amide bonds. The molecule has 156 valence electrons. The van der Waals surface area contributed by atoms with E-state index in [0.717, 1.165) is 22.3 Å². The molecule has 29 heavy (non-hydrogen) atoms. The Kier molecular flexibility index (Phi) is 8.44. The molecule has 0 bridgehead atoms. The smallest absolute Gasteiger partial charge is 0.242 e. The van der Waals surface area contributed by atoms with Gasteiger partial charge in [-0.3, -0.25) is 9.59 Å². The minimum atomic E-state index is -0.480. The van der Waals surface area contributed by atoms with Crippen molar-refractivity contribution in [2.75, 3.05) is 6.54 Å². The average Bonchev–Trinajstić information content (AvgIpc) is 2.66. The van der Waals surface area contributed by atoms with Gasteiger partial charge in [0.05, 0.1) is 6.42 Å². The lowest BCUT2D eigenvalue weighted by atomic mass is 10.0. The Morgan fingerprint density at radius 3 is 2.10 bits per heavy atom. The van der Waals surface area contributed by atoms with Gasteiger partial charge < -0.3 is 10.2 Å². The van der Waals surface area contributed by atoms with Crippen LogP contribution in [-0.2, 0) is 22.6 Å². The van der Waals surface area contributed by atoms with E-state index in [9.17, 15) is 9.59 Å². The minimum Gasteiger partial charge on any atom is -0.354 e. The summed E-state index contributed by atoms with van der Waals surface area (Å²) in [6.07, 6.45) is 0.872. The van der Waals surface area contributed by atoms with Crippen molar-refractivity contribution in [1.29, 1.82) is 0 Å². The predicted molar refractivity (Wildman–Crippen MR) is 119 cm³/mol. The minimum absolute atomic E-state index is 0.0244. The highest BCUT2D eigenvalue weighted by atomic mass is 16.2. The summed E-state index contributed by atoms with van der Waals surface area (Å²) < 4.78 is 0. The van der Waals surface area contributed by atoms with Crippen molar-refractivity contribution in [1.82, 2.24) is 10.2 Å². The summed E-state index contributed by atoms with van der Waals surface area (Å²) in [5.41, 5.74) is 4.28. The first-order valence-corrected chi connectivity index (χ1v) is 10.5. The maximum Gasteiger partial charge on any atom is 0.242 e. The Morgan fingerprint density at radius 1 is 0.966 bits per heavy atom. The number of hydrogen-bond donors (Lipinski definition) is 1. The lowest BCUT2D eigenvalue weighted by molar-refractivity contribution is -0.141. The number of nitrogens with one attached hydrogen (secondary N) is 1. The molecule has 0 heterocycles. The normalized spacial score (nSPS) is 11.9. The quantitative estimate of drug-likeness (QED) is 0.684. The number of carbonyl (C=O) groups is 2. The van der Waals surface area contributed by atoms with Gasteiger partial charge in [0.15, 0.2) is 0 Å². The highest BCUT2D eigenvalue weighted by Crippen LogP contribution is 2.16. The van der Waals surface area contributed by atoms with Crippen LogP contribution in [0.3, 0.4) is 0 Å². The summed E-state index contributed by atoms with van der Waals surface area (Å²) in [4.78, 5) is 27.9. The fourth-order valence-corrected chi connectivity index (χ4v) is 3.45. The lowest BCUT2D eigenvalue weighted by Gasteiger charge is -2.31. The van der Waals surface area contributed by atoms with Gasteiger partial charge in [-0.05, 0) is 37.3 Å². The van der Waals surface area contributed by atoms with Crippen molar-refractivity contribution in [2.45, 2.75) is 60.0 Å². The average molecular weight is 395 g/mol. The number of carbonyl (C=O) groups excluding carboxylic acids is 2. The second-order valence-corrected chi connectivity index (χ2v) is 8.24. The summed E-state index contributed by atoms with van der Waals surface area (Å²) in [6.45, 7) is 11.2. The molecule has 0 saturated heterocycles. The molecule has 0 radical (unpaired) electrons. The van der Waals surface area contributed by atoms with E-state index in [1.807, 2.05) is 63.2 Å². The Hall–Kier alpha value is -2.62. The van der Waals surface area contributed by atoms with Gasteiger partial charge in [0.1, 0.15) is 6.04 Å². The van der Waals surface area contributed by atoms with Gasteiger partial charge in [-0.1, -0.05) is 80.4 Å². The molecule has 2 aromatic rings. The first-order chi connectivity index (χ1) is 13.8. The molecule has 2 rings (SSSR count). The van der Waals surface area contributed by atoms with Crippen molar-refractivity contribution < 1.29 is 9.59 Å². The van der Waals surface area contributed by atoms with Crippen LogP contribution in [0.25, 0.3) is 0 Å². The number of benzene rings is 2. The maximum atomic E-state index is 13.3. The highest BCUT2D eigenvalue weighted by Gasteiger charge is 2.28. The van der Waals surface area contributed by atoms with Gasteiger partial charge in [0, 0.05) is 13.1 Å². The van der Waals surface area contributed by atoms with Crippen LogP contribution in [-0.4, -0.2) is 29.3 Å². The molecule has 2 aromatic carbocycles. The molecule has 1 unspecified atom stereocenters. The zero-order valence-electron chi connectivity index (χ0n) is 18.4. The van der Waals surface area contributed by atoms with Gasteiger partial charge >= 0.3 is 0 Å². The van der Waals surface area contributed by atoms with Crippen LogP contribution in [0.15, 0.2) is 48.5 Å². The van der Waals surface area contributed by atoms with Gasteiger partial charge in [-0.15, -0.1) is 0 Å². The SMILES string of the molecule is CCC(C(=O)NCC(C)C)N(Cc1cccc(C)c1)C(=O)Cc1cccc(C)c1. The number of aryl methyl sites for hydroxylation is 2. The molecule has 0 fully saturated rings. The molecule has 0 spiro atoms. The van der Waals surface area contributed by atoms with E-state index < -0.39 is 6.04 Å². The van der Waals surface area contributed by atoms with E-state index in [4.69, 9.17) is 0 Å². The van der Waals surface area contributed by atoms with Crippen LogP contribution in [0.2, 0.25) is 0 Å². The predicted octanol–water partition coefficient (Wildman–Crippen LogP) is 4.43. The Labute approximate surface area is 175 Å². The number of nitrogens with zero attached hydrogens (tertiary/aromatic N) is 1. The monoisotopic (exact) mass is 394 g/mol. The van der Waals surface area contributed by atoms with Gasteiger partial charge in [-0.2, -0.15) is 0 Å². The summed E-state index contributed by atoms with van der Waals surface area (Å²) in [6, 6.07) is 15.6. The molecule has 1 atom stereocenters. The van der Waals surface area contributed by atoms with Crippen LogP contribution >= 0.6 is 0 Å². The zero-order valence-corrected chi connectivity index (χ0v) is 18.4. The Morgan fingerprint density at radius 2 is 1.55 bits per heavy atom. The van der Waals surface area contributed by atoms with Gasteiger partial charge in [0.2, 0.25) is 11.8 Å². The largest absolute Gasteiger partial charge is 0.354 e. The molecule has 0 aliphatic heterocycles. The van der Waals surface area contributed by atoms with Crippen molar-refractivity contribution in [3.63, 3.8) is 0 Å². The van der Waals surface area contributed by atoms with E-state index in [1.165, 1.54) is 0 Å². The maximum absolute atomic E-state index is 13.3. The summed E-state index contributed by atoms with van der Waals surface area (Å²) in [7, 11) is 0. The van der Waals surface area contributed by atoms with Crippen LogP contribution in [0.5, 0.6) is 0 Å². The second kappa shape index (κ2) is 10.8.